The molecule has 0 aromatic heterocycles. The van der Waals surface area contributed by atoms with Gasteiger partial charge in [0, 0.05) is 19.4 Å². The molecule has 0 aliphatic heterocycles. The maximum atomic E-state index is 12.6. The van der Waals surface area contributed by atoms with Gasteiger partial charge in [0.2, 0.25) is 0 Å². The molecule has 0 heterocycles. The van der Waals surface area contributed by atoms with E-state index in [1.165, 1.54) is 25.7 Å². The van der Waals surface area contributed by atoms with Crippen molar-refractivity contribution >= 4 is 11.9 Å². The van der Waals surface area contributed by atoms with Gasteiger partial charge in [0.1, 0.15) is 6.61 Å². The summed E-state index contributed by atoms with van der Waals surface area (Å²) in [6.07, 6.45) is 66.5. The van der Waals surface area contributed by atoms with Crippen LogP contribution in [0.4, 0.5) is 0 Å². The molecule has 0 saturated carbocycles. The van der Waals surface area contributed by atoms with Crippen LogP contribution >= 0.6 is 0 Å². The number of carbonyl (C=O) groups is 2. The fraction of sp³-hybridized carbons (Fsp3) is 0.585. The summed E-state index contributed by atoms with van der Waals surface area (Å²) < 4.78 is 17.2. The molecule has 0 aromatic rings. The lowest BCUT2D eigenvalue weighted by Crippen LogP contribution is -2.30. The van der Waals surface area contributed by atoms with Crippen molar-refractivity contribution in [1.82, 2.24) is 0 Å². The third-order valence-corrected chi connectivity index (χ3v) is 8.99. The second-order valence-electron chi connectivity index (χ2n) is 14.5. The molecule has 0 N–H and O–H groups in total. The van der Waals surface area contributed by atoms with E-state index in [1.54, 1.807) is 0 Å². The highest BCUT2D eigenvalue weighted by Crippen LogP contribution is 2.11. The van der Waals surface area contributed by atoms with Crippen LogP contribution in [0.5, 0.6) is 0 Å². The molecule has 5 heteroatoms. The Morgan fingerprint density at radius 3 is 1.26 bits per heavy atom. The van der Waals surface area contributed by atoms with Crippen LogP contribution in [-0.2, 0) is 23.8 Å². The molecule has 0 radical (unpaired) electrons. The minimum atomic E-state index is -0.585. The van der Waals surface area contributed by atoms with Crippen molar-refractivity contribution < 1.29 is 23.8 Å². The van der Waals surface area contributed by atoms with E-state index < -0.39 is 6.10 Å². The van der Waals surface area contributed by atoms with Crippen molar-refractivity contribution in [2.24, 2.45) is 0 Å². The zero-order valence-electron chi connectivity index (χ0n) is 37.3. The molecule has 0 spiro atoms. The number of allylic oxidation sites excluding steroid dienone is 20. The predicted molar refractivity (Wildman–Crippen MR) is 251 cm³/mol. The topological polar surface area (TPSA) is 61.8 Å². The van der Waals surface area contributed by atoms with Crippen LogP contribution in [0.3, 0.4) is 0 Å². The summed E-state index contributed by atoms with van der Waals surface area (Å²) in [5.41, 5.74) is 0. The van der Waals surface area contributed by atoms with Gasteiger partial charge in [0.15, 0.2) is 6.10 Å². The maximum Gasteiger partial charge on any atom is 0.306 e. The summed E-state index contributed by atoms with van der Waals surface area (Å²) in [6, 6.07) is 0. The number of esters is 2. The van der Waals surface area contributed by atoms with Crippen LogP contribution < -0.4 is 0 Å². The van der Waals surface area contributed by atoms with Crippen molar-refractivity contribution in [3.63, 3.8) is 0 Å². The highest BCUT2D eigenvalue weighted by Gasteiger charge is 2.17. The average Bonchev–Trinajstić information content (AvgIpc) is 3.22. The van der Waals surface area contributed by atoms with Gasteiger partial charge >= 0.3 is 11.9 Å². The molecule has 0 bridgehead atoms. The Morgan fingerprint density at radius 2 is 0.793 bits per heavy atom. The van der Waals surface area contributed by atoms with E-state index in [0.717, 1.165) is 116 Å². The number of hydrogen-bond acceptors (Lipinski definition) is 5. The van der Waals surface area contributed by atoms with Gasteiger partial charge in [-0.15, -0.1) is 0 Å². The van der Waals surface area contributed by atoms with Gasteiger partial charge in [0.25, 0.3) is 0 Å². The monoisotopic (exact) mass is 801 g/mol. The van der Waals surface area contributed by atoms with Gasteiger partial charge in [-0.05, 0) is 103 Å². The minimum Gasteiger partial charge on any atom is -0.462 e. The molecular weight excluding hydrogens is 717 g/mol. The van der Waals surface area contributed by atoms with Crippen LogP contribution in [0.15, 0.2) is 122 Å². The highest BCUT2D eigenvalue weighted by molar-refractivity contribution is 5.70. The SMILES string of the molecule is CC/C=C\C/C=C\C/C=C\C/C=C\C/C=C\CCCCOCC(COC(=O)CCC/C=C\C/C=C\C/C=C\C/C=C\C/C=C\CC)OC(=O)CCCCCCCCC. The summed E-state index contributed by atoms with van der Waals surface area (Å²) in [5, 5.41) is 0. The first kappa shape index (κ1) is 54.3. The second kappa shape index (κ2) is 47.7. The Balaban J connectivity index is 4.36. The Hall–Kier alpha value is -3.70. The fourth-order valence-electron chi connectivity index (χ4n) is 5.63. The quantitative estimate of drug-likeness (QED) is 0.0351. The number of ether oxygens (including phenoxy) is 3. The molecule has 0 aliphatic rings. The third-order valence-electron chi connectivity index (χ3n) is 8.99. The van der Waals surface area contributed by atoms with E-state index >= 15 is 0 Å². The zero-order valence-corrected chi connectivity index (χ0v) is 37.3. The van der Waals surface area contributed by atoms with Crippen LogP contribution in [0.25, 0.3) is 0 Å². The van der Waals surface area contributed by atoms with E-state index in [1.807, 2.05) is 0 Å². The number of carbonyl (C=O) groups excluding carboxylic acids is 2. The first-order valence-electron chi connectivity index (χ1n) is 23.1. The second-order valence-corrected chi connectivity index (χ2v) is 14.5. The molecule has 0 fully saturated rings. The van der Waals surface area contributed by atoms with E-state index in [-0.39, 0.29) is 25.2 Å². The predicted octanol–water partition coefficient (Wildman–Crippen LogP) is 15.4. The molecule has 0 aromatic carbocycles. The van der Waals surface area contributed by atoms with Gasteiger partial charge < -0.3 is 14.2 Å². The average molecular weight is 801 g/mol. The largest absolute Gasteiger partial charge is 0.462 e. The van der Waals surface area contributed by atoms with E-state index in [0.29, 0.717) is 19.4 Å². The Bertz CT molecular complexity index is 1220. The number of unbranched alkanes of at least 4 members (excludes halogenated alkanes) is 9. The zero-order chi connectivity index (χ0) is 42.1. The summed E-state index contributed by atoms with van der Waals surface area (Å²) in [6.45, 7) is 7.37. The first-order chi connectivity index (χ1) is 28.6. The molecule has 0 aliphatic carbocycles. The van der Waals surface area contributed by atoms with E-state index in [2.05, 4.69) is 142 Å². The first-order valence-corrected chi connectivity index (χ1v) is 23.1. The molecule has 0 amide bonds. The molecule has 5 nitrogen and oxygen atoms in total. The molecule has 1 unspecified atom stereocenters. The van der Waals surface area contributed by atoms with Crippen molar-refractivity contribution in [1.29, 1.82) is 0 Å². The lowest BCUT2D eigenvalue weighted by Gasteiger charge is -2.18. The minimum absolute atomic E-state index is 0.0310. The van der Waals surface area contributed by atoms with Crippen LogP contribution in [0.2, 0.25) is 0 Å². The molecule has 326 valence electrons. The molecular formula is C53H84O5. The van der Waals surface area contributed by atoms with Crippen molar-refractivity contribution in [2.45, 2.75) is 181 Å². The van der Waals surface area contributed by atoms with Gasteiger partial charge in [-0.2, -0.15) is 0 Å². The Morgan fingerprint density at radius 1 is 0.397 bits per heavy atom. The fourth-order valence-corrected chi connectivity index (χ4v) is 5.63. The summed E-state index contributed by atoms with van der Waals surface area (Å²) in [4.78, 5) is 25.1. The molecule has 1 atom stereocenters. The van der Waals surface area contributed by atoms with Crippen molar-refractivity contribution in [3.8, 4) is 0 Å². The van der Waals surface area contributed by atoms with Crippen LogP contribution in [-0.4, -0.2) is 37.9 Å². The van der Waals surface area contributed by atoms with Crippen molar-refractivity contribution in [2.75, 3.05) is 19.8 Å². The Kier molecular flexibility index (Phi) is 44.6. The smallest absolute Gasteiger partial charge is 0.306 e. The van der Waals surface area contributed by atoms with Gasteiger partial charge in [0.05, 0.1) is 6.61 Å². The van der Waals surface area contributed by atoms with Gasteiger partial charge in [-0.25, -0.2) is 0 Å². The normalized spacial score (nSPS) is 13.4. The maximum absolute atomic E-state index is 12.6. The highest BCUT2D eigenvalue weighted by atomic mass is 16.6. The third kappa shape index (κ3) is 45.0. The van der Waals surface area contributed by atoms with Crippen LogP contribution in [0, 0.1) is 0 Å². The summed E-state index contributed by atoms with van der Waals surface area (Å²) >= 11 is 0. The van der Waals surface area contributed by atoms with E-state index in [4.69, 9.17) is 14.2 Å². The standard InChI is InChI=1S/C53H84O5/c1-4-7-10-13-16-18-20-22-24-26-28-30-32-34-36-39-42-45-48-56-49-51(58-53(55)47-44-41-37-15-12-9-6-3)50-57-52(54)46-43-40-38-35-33-31-29-27-25-23-21-19-17-14-11-8-5-2/h7-8,10-11,16-19,22-25,28-31,34-36,38,51H,4-6,9,12-15,20-21,26-27,32-33,37,39-50H2,1-3H3/b10-7-,11-8-,18-16-,19-17-,24-22-,25-23-,30-28-,31-29-,36-34-,38-35-. The van der Waals surface area contributed by atoms with Gasteiger partial charge in [-0.3, -0.25) is 9.59 Å². The molecule has 58 heavy (non-hydrogen) atoms. The van der Waals surface area contributed by atoms with Gasteiger partial charge in [-0.1, -0.05) is 181 Å². The van der Waals surface area contributed by atoms with E-state index in [9.17, 15) is 9.59 Å². The Labute approximate surface area is 356 Å². The number of rotatable bonds is 40. The summed E-state index contributed by atoms with van der Waals surface area (Å²) in [7, 11) is 0. The lowest BCUT2D eigenvalue weighted by atomic mass is 10.1. The molecule has 0 rings (SSSR count). The van der Waals surface area contributed by atoms with Crippen molar-refractivity contribution in [3.05, 3.63) is 122 Å². The number of hydrogen-bond donors (Lipinski definition) is 0. The molecule has 0 saturated heterocycles. The summed E-state index contributed by atoms with van der Waals surface area (Å²) in [5.74, 6) is -0.507. The van der Waals surface area contributed by atoms with Crippen LogP contribution in [0.1, 0.15) is 175 Å². The lowest BCUT2D eigenvalue weighted by molar-refractivity contribution is -0.163.